The summed E-state index contributed by atoms with van der Waals surface area (Å²) < 4.78 is 34.0. The molecule has 2 aromatic carbocycles. The van der Waals surface area contributed by atoms with Crippen LogP contribution in [0, 0.1) is 12.8 Å². The third-order valence-corrected chi connectivity index (χ3v) is 8.79. The lowest BCUT2D eigenvalue weighted by molar-refractivity contribution is -0.121. The predicted molar refractivity (Wildman–Crippen MR) is 125 cm³/mol. The number of nitrogens with zero attached hydrogens (tertiary/aromatic N) is 1. The van der Waals surface area contributed by atoms with Gasteiger partial charge in [-0.15, -0.1) is 0 Å². The van der Waals surface area contributed by atoms with E-state index in [0.717, 1.165) is 10.0 Å². The molecule has 0 unspecified atom stereocenters. The fourth-order valence-electron chi connectivity index (χ4n) is 3.74. The average molecular weight is 543 g/mol. The smallest absolute Gasteiger partial charge is 0.262 e. The molecule has 2 aliphatic heterocycles. The normalized spacial score (nSPS) is 17.3. The largest absolute Gasteiger partial charge is 0.482 e. The fraction of sp³-hybridized carbons (Fsp3) is 0.333. The molecule has 4 rings (SSSR count). The van der Waals surface area contributed by atoms with Crippen LogP contribution in [0.2, 0.25) is 5.02 Å². The van der Waals surface area contributed by atoms with Gasteiger partial charge in [-0.05, 0) is 49.6 Å². The molecule has 1 saturated heterocycles. The summed E-state index contributed by atoms with van der Waals surface area (Å²) in [4.78, 5) is 24.0. The van der Waals surface area contributed by atoms with E-state index in [1.54, 1.807) is 0 Å². The number of carbonyl (C=O) groups is 2. The number of halogens is 2. The van der Waals surface area contributed by atoms with Crippen LogP contribution in [0.25, 0.3) is 0 Å². The highest BCUT2D eigenvalue weighted by atomic mass is 79.9. The molecular formula is C21H21BrClN3O5S. The quantitative estimate of drug-likeness (QED) is 0.612. The third kappa shape index (κ3) is 4.63. The van der Waals surface area contributed by atoms with Crippen LogP contribution < -0.4 is 15.4 Å². The lowest BCUT2D eigenvalue weighted by Gasteiger charge is -2.31. The molecule has 0 atom stereocenters. The van der Waals surface area contributed by atoms with E-state index in [1.165, 1.54) is 16.4 Å². The van der Waals surface area contributed by atoms with Crippen molar-refractivity contribution in [2.75, 3.05) is 30.3 Å². The van der Waals surface area contributed by atoms with Gasteiger partial charge in [0.25, 0.3) is 5.91 Å². The van der Waals surface area contributed by atoms with Gasteiger partial charge in [0.2, 0.25) is 15.9 Å². The van der Waals surface area contributed by atoms with E-state index in [0.29, 0.717) is 24.2 Å². The number of amides is 2. The first-order valence-corrected chi connectivity index (χ1v) is 12.6. The second-order valence-corrected chi connectivity index (χ2v) is 10.9. The van der Waals surface area contributed by atoms with Crippen LogP contribution >= 0.6 is 27.5 Å². The molecule has 2 heterocycles. The van der Waals surface area contributed by atoms with Crippen LogP contribution in [-0.4, -0.2) is 44.2 Å². The molecular weight excluding hydrogens is 522 g/mol. The van der Waals surface area contributed by atoms with Crippen molar-refractivity contribution in [3.8, 4) is 5.75 Å². The number of ether oxygens (including phenoxy) is 1. The maximum atomic E-state index is 13.2. The van der Waals surface area contributed by atoms with Gasteiger partial charge in [-0.25, -0.2) is 8.42 Å². The van der Waals surface area contributed by atoms with E-state index in [9.17, 15) is 18.0 Å². The summed E-state index contributed by atoms with van der Waals surface area (Å²) in [6, 6.07) is 8.28. The van der Waals surface area contributed by atoms with Crippen LogP contribution in [0.15, 0.2) is 39.7 Å². The summed E-state index contributed by atoms with van der Waals surface area (Å²) in [5.74, 6) is -0.489. The third-order valence-electron chi connectivity index (χ3n) is 5.53. The molecule has 0 spiro atoms. The molecule has 2 aromatic rings. The van der Waals surface area contributed by atoms with Gasteiger partial charge in [-0.3, -0.25) is 9.59 Å². The molecule has 0 radical (unpaired) electrons. The molecule has 0 aromatic heterocycles. The Morgan fingerprint density at radius 3 is 2.66 bits per heavy atom. The standard InChI is InChI=1S/C21H21BrClN3O5S/c1-12-8-14(2-3-15(12)22)24-21(28)13-4-6-26(7-5-13)32(29,30)19-10-18-17(9-16(19)23)25-20(27)11-31-18/h2-3,8-10,13H,4-7,11H2,1H3,(H,24,28)(H,25,27). The summed E-state index contributed by atoms with van der Waals surface area (Å²) in [5, 5.41) is 5.51. The number of hydrogen-bond acceptors (Lipinski definition) is 5. The van der Waals surface area contributed by atoms with Crippen LogP contribution in [0.1, 0.15) is 18.4 Å². The minimum absolute atomic E-state index is 0.0000229. The molecule has 8 nitrogen and oxygen atoms in total. The monoisotopic (exact) mass is 541 g/mol. The van der Waals surface area contributed by atoms with Crippen LogP contribution in [-0.2, 0) is 19.6 Å². The maximum Gasteiger partial charge on any atom is 0.262 e. The first-order valence-electron chi connectivity index (χ1n) is 9.98. The number of aryl methyl sites for hydroxylation is 1. The number of carbonyl (C=O) groups excluding carboxylic acids is 2. The van der Waals surface area contributed by atoms with E-state index < -0.39 is 10.0 Å². The Kier molecular flexibility index (Phi) is 6.49. The molecule has 0 saturated carbocycles. The van der Waals surface area contributed by atoms with E-state index in [4.69, 9.17) is 16.3 Å². The van der Waals surface area contributed by atoms with Crippen LogP contribution in [0.5, 0.6) is 5.75 Å². The van der Waals surface area contributed by atoms with Crippen molar-refractivity contribution in [2.24, 2.45) is 5.92 Å². The topological polar surface area (TPSA) is 105 Å². The molecule has 2 aliphatic rings. The summed E-state index contributed by atoms with van der Waals surface area (Å²) >= 11 is 9.66. The molecule has 11 heteroatoms. The minimum atomic E-state index is -3.89. The molecule has 0 aliphatic carbocycles. The number of piperidine rings is 1. The van der Waals surface area contributed by atoms with Crippen molar-refractivity contribution in [1.82, 2.24) is 4.31 Å². The second kappa shape index (κ2) is 9.01. The van der Waals surface area contributed by atoms with Crippen molar-refractivity contribution in [1.29, 1.82) is 0 Å². The Bertz CT molecular complexity index is 1200. The van der Waals surface area contributed by atoms with Gasteiger partial charge in [0.1, 0.15) is 10.6 Å². The molecule has 2 N–H and O–H groups in total. The van der Waals surface area contributed by atoms with Crippen LogP contribution in [0.3, 0.4) is 0 Å². The highest BCUT2D eigenvalue weighted by molar-refractivity contribution is 9.10. The van der Waals surface area contributed by atoms with Crippen molar-refractivity contribution in [3.63, 3.8) is 0 Å². The zero-order chi connectivity index (χ0) is 23.0. The fourth-order valence-corrected chi connectivity index (χ4v) is 5.98. The highest BCUT2D eigenvalue weighted by Gasteiger charge is 2.34. The minimum Gasteiger partial charge on any atom is -0.482 e. The summed E-state index contributed by atoms with van der Waals surface area (Å²) in [7, 11) is -3.89. The van der Waals surface area contributed by atoms with E-state index in [1.807, 2.05) is 25.1 Å². The number of sulfonamides is 1. The van der Waals surface area contributed by atoms with Gasteiger partial charge in [-0.1, -0.05) is 27.5 Å². The Balaban J connectivity index is 1.44. The second-order valence-electron chi connectivity index (χ2n) is 7.75. The number of fused-ring (bicyclic) bond motifs is 1. The van der Waals surface area contributed by atoms with Crippen molar-refractivity contribution in [2.45, 2.75) is 24.7 Å². The number of hydrogen-bond donors (Lipinski definition) is 2. The van der Waals surface area contributed by atoms with Gasteiger partial charge in [-0.2, -0.15) is 4.31 Å². The lowest BCUT2D eigenvalue weighted by Crippen LogP contribution is -2.41. The molecule has 170 valence electrons. The lowest BCUT2D eigenvalue weighted by atomic mass is 9.97. The summed E-state index contributed by atoms with van der Waals surface area (Å²) in [5.41, 5.74) is 2.05. The number of rotatable bonds is 4. The number of anilines is 2. The molecule has 0 bridgehead atoms. The Morgan fingerprint density at radius 1 is 1.25 bits per heavy atom. The van der Waals surface area contributed by atoms with E-state index >= 15 is 0 Å². The van der Waals surface area contributed by atoms with Gasteiger partial charge in [0, 0.05) is 35.2 Å². The Labute approximate surface area is 199 Å². The summed E-state index contributed by atoms with van der Waals surface area (Å²) in [6.45, 7) is 2.15. The predicted octanol–water partition coefficient (Wildman–Crippen LogP) is 3.78. The Morgan fingerprint density at radius 2 is 1.97 bits per heavy atom. The number of benzene rings is 2. The molecule has 2 amide bonds. The maximum absolute atomic E-state index is 13.2. The average Bonchev–Trinajstić information content (AvgIpc) is 2.75. The first-order chi connectivity index (χ1) is 15.1. The van der Waals surface area contributed by atoms with Crippen molar-refractivity contribution in [3.05, 3.63) is 45.4 Å². The Hall–Kier alpha value is -2.14. The zero-order valence-electron chi connectivity index (χ0n) is 17.2. The summed E-state index contributed by atoms with van der Waals surface area (Å²) in [6.07, 6.45) is 0.797. The zero-order valence-corrected chi connectivity index (χ0v) is 20.3. The van der Waals surface area contributed by atoms with Gasteiger partial charge in [0.15, 0.2) is 6.61 Å². The van der Waals surface area contributed by atoms with Crippen molar-refractivity contribution < 1.29 is 22.7 Å². The van der Waals surface area contributed by atoms with Gasteiger partial charge in [0.05, 0.1) is 10.7 Å². The van der Waals surface area contributed by atoms with Crippen LogP contribution in [0.4, 0.5) is 11.4 Å². The molecule has 32 heavy (non-hydrogen) atoms. The highest BCUT2D eigenvalue weighted by Crippen LogP contribution is 2.37. The molecule has 1 fully saturated rings. The van der Waals surface area contributed by atoms with Gasteiger partial charge < -0.3 is 15.4 Å². The van der Waals surface area contributed by atoms with E-state index in [2.05, 4.69) is 26.6 Å². The first kappa shape index (κ1) is 23.0. The van der Waals surface area contributed by atoms with Gasteiger partial charge >= 0.3 is 0 Å². The SMILES string of the molecule is Cc1cc(NC(=O)C2CCN(S(=O)(=O)c3cc4c(cc3Cl)NC(=O)CO4)CC2)ccc1Br. The van der Waals surface area contributed by atoms with Crippen molar-refractivity contribution >= 4 is 60.7 Å². The van der Waals surface area contributed by atoms with E-state index in [-0.39, 0.29) is 53.1 Å². The number of nitrogens with one attached hydrogen (secondary N) is 2.